The molecule has 0 spiro atoms. The lowest BCUT2D eigenvalue weighted by atomic mass is 10.2. The number of nitrogens with zero attached hydrogens (tertiary/aromatic N) is 2. The number of hydrogen-bond donors (Lipinski definition) is 2. The summed E-state index contributed by atoms with van der Waals surface area (Å²) in [5.74, 6) is -1.03. The van der Waals surface area contributed by atoms with E-state index >= 15 is 0 Å². The van der Waals surface area contributed by atoms with E-state index in [0.29, 0.717) is 23.7 Å². The van der Waals surface area contributed by atoms with Gasteiger partial charge in [-0.1, -0.05) is 11.8 Å². The van der Waals surface area contributed by atoms with E-state index in [0.717, 1.165) is 13.1 Å². The van der Waals surface area contributed by atoms with Gasteiger partial charge in [0, 0.05) is 26.2 Å². The zero-order valence-electron chi connectivity index (χ0n) is 11.2. The smallest absolute Gasteiger partial charge is 0.354 e. The zero-order chi connectivity index (χ0) is 15.0. The highest BCUT2D eigenvalue weighted by atomic mass is 32.2. The zero-order valence-corrected chi connectivity index (χ0v) is 12.8. The highest BCUT2D eigenvalue weighted by Crippen LogP contribution is 2.50. The van der Waals surface area contributed by atoms with Crippen molar-refractivity contribution in [1.82, 2.24) is 15.1 Å². The van der Waals surface area contributed by atoms with Crippen molar-refractivity contribution in [1.29, 1.82) is 0 Å². The number of β-lactam (4-membered cyclic amide) rings is 1. The van der Waals surface area contributed by atoms with Gasteiger partial charge in [-0.25, -0.2) is 4.79 Å². The van der Waals surface area contributed by atoms with Crippen LogP contribution in [-0.4, -0.2) is 70.0 Å². The summed E-state index contributed by atoms with van der Waals surface area (Å²) in [7, 11) is 0. The minimum absolute atomic E-state index is 0.0138. The van der Waals surface area contributed by atoms with Crippen molar-refractivity contribution in [3.05, 3.63) is 9.93 Å². The molecular formula is C12H15N3O4S2. The van der Waals surface area contributed by atoms with Gasteiger partial charge in [0.15, 0.2) is 5.70 Å². The molecule has 114 valence electrons. The summed E-state index contributed by atoms with van der Waals surface area (Å²) in [6.07, 6.45) is 0.372. The van der Waals surface area contributed by atoms with Gasteiger partial charge in [0.1, 0.15) is 0 Å². The van der Waals surface area contributed by atoms with Crippen LogP contribution in [0, 0.1) is 0 Å². The maximum Gasteiger partial charge on any atom is 0.354 e. The SMILES string of the molecule is O=C(O)C1=C(SCC(=O)N2CCNCC2)S[C@@H]2CC(=O)N12. The molecule has 3 aliphatic heterocycles. The van der Waals surface area contributed by atoms with Crippen LogP contribution >= 0.6 is 23.5 Å². The molecule has 3 aliphatic rings. The van der Waals surface area contributed by atoms with E-state index in [4.69, 9.17) is 0 Å². The first-order chi connectivity index (χ1) is 10.1. The molecule has 0 unspecified atom stereocenters. The van der Waals surface area contributed by atoms with Crippen molar-refractivity contribution < 1.29 is 19.5 Å². The lowest BCUT2D eigenvalue weighted by Gasteiger charge is -2.33. The predicted molar refractivity (Wildman–Crippen MR) is 79.4 cm³/mol. The number of carboxylic acid groups (broad SMARTS) is 1. The fraction of sp³-hybridized carbons (Fsp3) is 0.583. The highest BCUT2D eigenvalue weighted by Gasteiger charge is 2.48. The number of hydrogen-bond acceptors (Lipinski definition) is 6. The van der Waals surface area contributed by atoms with Crippen molar-refractivity contribution in [3.8, 4) is 0 Å². The van der Waals surface area contributed by atoms with Crippen LogP contribution in [-0.2, 0) is 14.4 Å². The van der Waals surface area contributed by atoms with Gasteiger partial charge in [0.2, 0.25) is 11.8 Å². The number of piperazine rings is 1. The molecule has 0 aliphatic carbocycles. The largest absolute Gasteiger partial charge is 0.477 e. The lowest BCUT2D eigenvalue weighted by molar-refractivity contribution is -0.145. The number of carbonyl (C=O) groups is 3. The highest BCUT2D eigenvalue weighted by molar-refractivity contribution is 8.23. The number of rotatable bonds is 4. The van der Waals surface area contributed by atoms with Gasteiger partial charge in [0.05, 0.1) is 21.8 Å². The second kappa shape index (κ2) is 5.90. The molecule has 0 radical (unpaired) electrons. The maximum absolute atomic E-state index is 12.1. The minimum Gasteiger partial charge on any atom is -0.477 e. The monoisotopic (exact) mass is 329 g/mol. The topological polar surface area (TPSA) is 90.0 Å². The molecule has 2 N–H and O–H groups in total. The van der Waals surface area contributed by atoms with Crippen molar-refractivity contribution in [2.24, 2.45) is 0 Å². The van der Waals surface area contributed by atoms with Gasteiger partial charge >= 0.3 is 5.97 Å². The first-order valence-electron chi connectivity index (χ1n) is 6.65. The summed E-state index contributed by atoms with van der Waals surface area (Å²) in [4.78, 5) is 38.0. The molecule has 9 heteroatoms. The predicted octanol–water partition coefficient (Wildman–Crippen LogP) is -0.290. The molecule has 3 heterocycles. The molecule has 0 bridgehead atoms. The van der Waals surface area contributed by atoms with E-state index < -0.39 is 5.97 Å². The molecule has 21 heavy (non-hydrogen) atoms. The van der Waals surface area contributed by atoms with Crippen LogP contribution in [0.2, 0.25) is 0 Å². The van der Waals surface area contributed by atoms with Gasteiger partial charge in [0.25, 0.3) is 0 Å². The normalized spacial score (nSPS) is 25.0. The van der Waals surface area contributed by atoms with Crippen molar-refractivity contribution >= 4 is 41.3 Å². The van der Waals surface area contributed by atoms with E-state index in [1.54, 1.807) is 4.90 Å². The molecule has 0 aromatic heterocycles. The Kier molecular flexibility index (Phi) is 4.14. The Morgan fingerprint density at radius 2 is 2.10 bits per heavy atom. The summed E-state index contributed by atoms with van der Waals surface area (Å²) >= 11 is 2.60. The average molecular weight is 329 g/mol. The molecule has 1 atom stereocenters. The Bertz CT molecular complexity index is 531. The van der Waals surface area contributed by atoms with Crippen LogP contribution in [0.1, 0.15) is 6.42 Å². The van der Waals surface area contributed by atoms with Crippen molar-refractivity contribution in [2.45, 2.75) is 11.8 Å². The van der Waals surface area contributed by atoms with Gasteiger partial charge in [-0.15, -0.1) is 11.8 Å². The summed E-state index contributed by atoms with van der Waals surface area (Å²) in [5.41, 5.74) is 0.0411. The van der Waals surface area contributed by atoms with E-state index in [2.05, 4.69) is 5.32 Å². The van der Waals surface area contributed by atoms with Crippen LogP contribution in [0.3, 0.4) is 0 Å². The Hall–Kier alpha value is -1.19. The summed E-state index contributed by atoms with van der Waals surface area (Å²) in [6, 6.07) is 0. The van der Waals surface area contributed by atoms with Gasteiger partial charge in [-0.05, 0) is 0 Å². The number of amides is 2. The fourth-order valence-electron chi connectivity index (χ4n) is 2.45. The summed E-state index contributed by atoms with van der Waals surface area (Å²) < 4.78 is 0.571. The quantitative estimate of drug-likeness (QED) is 0.685. The fourth-order valence-corrected chi connectivity index (χ4v) is 5.09. The van der Waals surface area contributed by atoms with Gasteiger partial charge in [-0.3, -0.25) is 14.5 Å². The van der Waals surface area contributed by atoms with Crippen molar-refractivity contribution in [3.63, 3.8) is 0 Å². The molecule has 0 aromatic carbocycles. The first-order valence-corrected chi connectivity index (χ1v) is 8.52. The van der Waals surface area contributed by atoms with Crippen LogP contribution in [0.25, 0.3) is 0 Å². The number of carboxylic acids is 1. The molecule has 2 saturated heterocycles. The molecule has 7 nitrogen and oxygen atoms in total. The van der Waals surface area contributed by atoms with E-state index in [9.17, 15) is 19.5 Å². The Balaban J connectivity index is 1.63. The third-order valence-corrected chi connectivity index (χ3v) is 6.13. The van der Waals surface area contributed by atoms with Gasteiger partial charge in [-0.2, -0.15) is 0 Å². The third kappa shape index (κ3) is 2.77. The molecule has 2 fully saturated rings. The van der Waals surface area contributed by atoms with Crippen LogP contribution < -0.4 is 5.32 Å². The lowest BCUT2D eigenvalue weighted by Crippen LogP contribution is -2.48. The minimum atomic E-state index is -1.10. The number of fused-ring (bicyclic) bond motifs is 1. The molecule has 2 amide bonds. The van der Waals surface area contributed by atoms with E-state index in [1.165, 1.54) is 28.4 Å². The summed E-state index contributed by atoms with van der Waals surface area (Å²) in [6.45, 7) is 2.95. The number of carbonyl (C=O) groups excluding carboxylic acids is 2. The average Bonchev–Trinajstić information content (AvgIpc) is 2.78. The first kappa shape index (κ1) is 14.7. The summed E-state index contributed by atoms with van der Waals surface area (Å²) in [5, 5.41) is 12.3. The maximum atomic E-state index is 12.1. The Labute approximate surface area is 130 Å². The second-order valence-corrected chi connectivity index (χ2v) is 7.33. The number of aliphatic carboxylic acids is 1. The molecular weight excluding hydrogens is 314 g/mol. The molecule has 0 saturated carbocycles. The standard InChI is InChI=1S/C12H15N3O4S2/c16-7-5-9-15(7)10(11(18)19)12(21-9)20-6-8(17)14-3-1-13-2-4-14/h9,13H,1-6H2,(H,18,19)/t9-/m1/s1. The number of thioether (sulfide) groups is 2. The van der Waals surface area contributed by atoms with E-state index in [1.807, 2.05) is 0 Å². The Morgan fingerprint density at radius 3 is 2.71 bits per heavy atom. The third-order valence-electron chi connectivity index (χ3n) is 3.58. The number of nitrogens with one attached hydrogen (secondary N) is 1. The van der Waals surface area contributed by atoms with Crippen LogP contribution in [0.4, 0.5) is 0 Å². The molecule has 3 rings (SSSR count). The van der Waals surface area contributed by atoms with Gasteiger partial charge < -0.3 is 15.3 Å². The molecule has 0 aromatic rings. The van der Waals surface area contributed by atoms with E-state index in [-0.39, 0.29) is 28.6 Å². The van der Waals surface area contributed by atoms with Crippen LogP contribution in [0.15, 0.2) is 9.93 Å². The second-order valence-electron chi connectivity index (χ2n) is 4.90. The van der Waals surface area contributed by atoms with Crippen LogP contribution in [0.5, 0.6) is 0 Å². The van der Waals surface area contributed by atoms with Crippen molar-refractivity contribution in [2.75, 3.05) is 31.9 Å². The Morgan fingerprint density at radius 1 is 1.38 bits per heavy atom.